The van der Waals surface area contributed by atoms with Gasteiger partial charge in [-0.2, -0.15) is 13.2 Å². The van der Waals surface area contributed by atoms with Crippen molar-refractivity contribution in [1.82, 2.24) is 5.32 Å². The van der Waals surface area contributed by atoms with Crippen molar-refractivity contribution in [2.75, 3.05) is 4.43 Å². The van der Waals surface area contributed by atoms with Gasteiger partial charge in [0.25, 0.3) is 0 Å². The van der Waals surface area contributed by atoms with Gasteiger partial charge in [-0.15, -0.1) is 0 Å². The highest BCUT2D eigenvalue weighted by atomic mass is 127. The Balaban J connectivity index is 2.63. The first-order chi connectivity index (χ1) is 9.24. The van der Waals surface area contributed by atoms with Gasteiger partial charge in [-0.1, -0.05) is 48.6 Å². The number of hydrogen-bond donors (Lipinski definition) is 1. The molecule has 0 heterocycles. The average Bonchev–Trinajstić information content (AvgIpc) is 2.35. The lowest BCUT2D eigenvalue weighted by molar-refractivity contribution is -0.137. The van der Waals surface area contributed by atoms with E-state index in [0.29, 0.717) is 11.5 Å². The van der Waals surface area contributed by atoms with Crippen molar-refractivity contribution >= 4 is 28.5 Å². The van der Waals surface area contributed by atoms with Crippen LogP contribution < -0.4 is 5.32 Å². The fourth-order valence-electron chi connectivity index (χ4n) is 1.64. The molecule has 1 aromatic carbocycles. The summed E-state index contributed by atoms with van der Waals surface area (Å²) in [6, 6.07) is 4.77. The highest BCUT2D eigenvalue weighted by Gasteiger charge is 2.30. The predicted octanol–water partition coefficient (Wildman–Crippen LogP) is 3.82. The number of carbonyl (C=O) groups excluding carboxylic acids is 1. The lowest BCUT2D eigenvalue weighted by Gasteiger charge is -2.20. The van der Waals surface area contributed by atoms with Crippen LogP contribution in [-0.2, 0) is 17.4 Å². The maximum Gasteiger partial charge on any atom is 0.416 e. The van der Waals surface area contributed by atoms with Crippen LogP contribution in [0.15, 0.2) is 24.3 Å². The van der Waals surface area contributed by atoms with E-state index < -0.39 is 11.7 Å². The van der Waals surface area contributed by atoms with Crippen LogP contribution in [0.5, 0.6) is 0 Å². The third-order valence-electron chi connectivity index (χ3n) is 2.96. The number of amides is 1. The van der Waals surface area contributed by atoms with E-state index in [9.17, 15) is 18.0 Å². The molecule has 0 fully saturated rings. The molecule has 1 atom stereocenters. The summed E-state index contributed by atoms with van der Waals surface area (Å²) in [5.41, 5.74) is -0.125. The van der Waals surface area contributed by atoms with Gasteiger partial charge in [0.05, 0.1) is 12.0 Å². The first-order valence-corrected chi connectivity index (χ1v) is 7.78. The minimum Gasteiger partial charge on any atom is -0.352 e. The Hall–Kier alpha value is -0.790. The first-order valence-electron chi connectivity index (χ1n) is 6.25. The molecule has 0 aromatic heterocycles. The molecule has 0 bridgehead atoms. The minimum atomic E-state index is -4.34. The molecule has 6 heteroatoms. The van der Waals surface area contributed by atoms with Crippen molar-refractivity contribution in [2.45, 2.75) is 32.5 Å². The van der Waals surface area contributed by atoms with Gasteiger partial charge in [-0.05, 0) is 23.6 Å². The second kappa shape index (κ2) is 7.28. The number of carbonyl (C=O) groups is 1. The van der Waals surface area contributed by atoms with Crippen LogP contribution >= 0.6 is 22.6 Å². The SMILES string of the molecule is CC(C)C(CI)NC(=O)Cc1ccc(C(F)(F)F)cc1. The van der Waals surface area contributed by atoms with Gasteiger partial charge < -0.3 is 5.32 Å². The summed E-state index contributed by atoms with van der Waals surface area (Å²) in [6.07, 6.45) is -4.25. The second-order valence-electron chi connectivity index (χ2n) is 4.94. The van der Waals surface area contributed by atoms with Gasteiger partial charge in [0, 0.05) is 10.5 Å². The third kappa shape index (κ3) is 5.30. The number of benzene rings is 1. The molecular formula is C14H17F3INO. The number of alkyl halides is 4. The van der Waals surface area contributed by atoms with Gasteiger partial charge in [0.1, 0.15) is 0 Å². The second-order valence-corrected chi connectivity index (χ2v) is 5.82. The fourth-order valence-corrected chi connectivity index (χ4v) is 2.88. The normalized spacial score (nSPS) is 13.3. The van der Waals surface area contributed by atoms with Crippen LogP contribution in [0, 0.1) is 5.92 Å². The number of rotatable bonds is 5. The van der Waals surface area contributed by atoms with Gasteiger partial charge in [0.15, 0.2) is 0 Å². The summed E-state index contributed by atoms with van der Waals surface area (Å²) in [4.78, 5) is 11.8. The summed E-state index contributed by atoms with van der Waals surface area (Å²) in [5.74, 6) is 0.156. The van der Waals surface area contributed by atoms with Crippen LogP contribution in [0.1, 0.15) is 25.0 Å². The molecule has 1 aromatic rings. The van der Waals surface area contributed by atoms with Crippen molar-refractivity contribution in [3.8, 4) is 0 Å². The van der Waals surface area contributed by atoms with Crippen LogP contribution in [-0.4, -0.2) is 16.4 Å². The summed E-state index contributed by atoms with van der Waals surface area (Å²) in [7, 11) is 0. The number of hydrogen-bond acceptors (Lipinski definition) is 1. The molecule has 112 valence electrons. The molecule has 0 radical (unpaired) electrons. The highest BCUT2D eigenvalue weighted by Crippen LogP contribution is 2.29. The Morgan fingerprint density at radius 1 is 1.25 bits per heavy atom. The molecule has 0 saturated heterocycles. The maximum absolute atomic E-state index is 12.4. The Morgan fingerprint density at radius 3 is 2.20 bits per heavy atom. The molecule has 0 saturated carbocycles. The molecule has 1 rings (SSSR count). The molecule has 0 spiro atoms. The van der Waals surface area contributed by atoms with Crippen LogP contribution in [0.2, 0.25) is 0 Å². The van der Waals surface area contributed by atoms with Crippen molar-refractivity contribution in [3.63, 3.8) is 0 Å². The van der Waals surface area contributed by atoms with Crippen molar-refractivity contribution in [3.05, 3.63) is 35.4 Å². The highest BCUT2D eigenvalue weighted by molar-refractivity contribution is 14.1. The summed E-state index contributed by atoms with van der Waals surface area (Å²) in [6.45, 7) is 4.03. The average molecular weight is 399 g/mol. The summed E-state index contributed by atoms with van der Waals surface area (Å²) < 4.78 is 38.0. The fraction of sp³-hybridized carbons (Fsp3) is 0.500. The van der Waals surface area contributed by atoms with E-state index >= 15 is 0 Å². The van der Waals surface area contributed by atoms with E-state index in [-0.39, 0.29) is 18.4 Å². The Kier molecular flexibility index (Phi) is 6.29. The number of nitrogens with one attached hydrogen (secondary N) is 1. The largest absolute Gasteiger partial charge is 0.416 e. The molecule has 1 amide bonds. The molecule has 0 aliphatic carbocycles. The standard InChI is InChI=1S/C14H17F3INO/c1-9(2)12(8-18)19-13(20)7-10-3-5-11(6-4-10)14(15,16)17/h3-6,9,12H,7-8H2,1-2H3,(H,19,20). The van der Waals surface area contributed by atoms with Crippen molar-refractivity contribution in [2.24, 2.45) is 5.92 Å². The van der Waals surface area contributed by atoms with Gasteiger partial charge in [-0.25, -0.2) is 0 Å². The molecule has 1 N–H and O–H groups in total. The van der Waals surface area contributed by atoms with Crippen LogP contribution in [0.3, 0.4) is 0 Å². The molecule has 20 heavy (non-hydrogen) atoms. The van der Waals surface area contributed by atoms with E-state index in [2.05, 4.69) is 27.9 Å². The Bertz CT molecular complexity index is 443. The first kappa shape index (κ1) is 17.3. The summed E-state index contributed by atoms with van der Waals surface area (Å²) >= 11 is 2.20. The molecule has 2 nitrogen and oxygen atoms in total. The van der Waals surface area contributed by atoms with Crippen LogP contribution in [0.25, 0.3) is 0 Å². The van der Waals surface area contributed by atoms with Crippen LogP contribution in [0.4, 0.5) is 13.2 Å². The maximum atomic E-state index is 12.4. The molecule has 0 aliphatic heterocycles. The topological polar surface area (TPSA) is 29.1 Å². The van der Waals surface area contributed by atoms with E-state index in [0.717, 1.165) is 16.6 Å². The molecule has 0 aliphatic rings. The van der Waals surface area contributed by atoms with Crippen molar-refractivity contribution < 1.29 is 18.0 Å². The van der Waals surface area contributed by atoms with E-state index in [1.807, 2.05) is 13.8 Å². The molecular weight excluding hydrogens is 382 g/mol. The van der Waals surface area contributed by atoms with Gasteiger partial charge in [-0.3, -0.25) is 4.79 Å². The van der Waals surface area contributed by atoms with Gasteiger partial charge >= 0.3 is 6.18 Å². The molecule has 1 unspecified atom stereocenters. The van der Waals surface area contributed by atoms with Crippen molar-refractivity contribution in [1.29, 1.82) is 0 Å². The third-order valence-corrected chi connectivity index (χ3v) is 3.91. The predicted molar refractivity (Wildman–Crippen MR) is 80.8 cm³/mol. The Morgan fingerprint density at radius 2 is 1.80 bits per heavy atom. The zero-order chi connectivity index (χ0) is 15.3. The zero-order valence-corrected chi connectivity index (χ0v) is 13.5. The minimum absolute atomic E-state index is 0.0811. The quantitative estimate of drug-likeness (QED) is 0.592. The number of halogens is 4. The van der Waals surface area contributed by atoms with Gasteiger partial charge in [0.2, 0.25) is 5.91 Å². The summed E-state index contributed by atoms with van der Waals surface area (Å²) in [5, 5.41) is 2.89. The smallest absolute Gasteiger partial charge is 0.352 e. The lowest BCUT2D eigenvalue weighted by Crippen LogP contribution is -2.40. The Labute approximate surface area is 130 Å². The van der Waals surface area contributed by atoms with E-state index in [1.165, 1.54) is 12.1 Å². The van der Waals surface area contributed by atoms with E-state index in [4.69, 9.17) is 0 Å². The lowest BCUT2D eigenvalue weighted by atomic mass is 10.1. The van der Waals surface area contributed by atoms with E-state index in [1.54, 1.807) is 0 Å². The monoisotopic (exact) mass is 399 g/mol. The zero-order valence-electron chi connectivity index (χ0n) is 11.3.